The van der Waals surface area contributed by atoms with Gasteiger partial charge in [0.15, 0.2) is 0 Å². The maximum atomic E-state index is 13.1. The fourth-order valence-electron chi connectivity index (χ4n) is 3.43. The van der Waals surface area contributed by atoms with Gasteiger partial charge in [0.2, 0.25) is 0 Å². The molecule has 0 saturated carbocycles. The van der Waals surface area contributed by atoms with Crippen LogP contribution in [0.4, 0.5) is 0 Å². The molecule has 0 aliphatic carbocycles. The summed E-state index contributed by atoms with van der Waals surface area (Å²) < 4.78 is 1.86. The van der Waals surface area contributed by atoms with Crippen LogP contribution in [0.25, 0.3) is 5.69 Å². The summed E-state index contributed by atoms with van der Waals surface area (Å²) in [5.41, 5.74) is 4.12. The Hall–Kier alpha value is -2.58. The minimum absolute atomic E-state index is 0.0581. The average molecular weight is 336 g/mol. The lowest BCUT2D eigenvalue weighted by Crippen LogP contribution is -2.48. The third-order valence-electron chi connectivity index (χ3n) is 4.93. The normalized spacial score (nSPS) is 15.2. The Kier molecular flexibility index (Phi) is 4.91. The van der Waals surface area contributed by atoms with Crippen molar-refractivity contribution < 1.29 is 4.79 Å². The molecule has 1 aromatic heterocycles. The van der Waals surface area contributed by atoms with E-state index >= 15 is 0 Å². The maximum Gasteiger partial charge on any atom is 0.272 e. The Labute approximate surface area is 149 Å². The number of amides is 1. The van der Waals surface area contributed by atoms with Gasteiger partial charge in [-0.25, -0.2) is 0 Å². The fourth-order valence-corrected chi connectivity index (χ4v) is 3.43. The molecule has 2 aromatic rings. The number of aryl methyl sites for hydroxylation is 2. The maximum absolute atomic E-state index is 13.1. The van der Waals surface area contributed by atoms with Gasteiger partial charge in [-0.05, 0) is 38.1 Å². The van der Waals surface area contributed by atoms with Crippen molar-refractivity contribution in [1.82, 2.24) is 14.4 Å². The van der Waals surface area contributed by atoms with Crippen LogP contribution in [0.5, 0.6) is 0 Å². The molecule has 2 heterocycles. The van der Waals surface area contributed by atoms with Crippen molar-refractivity contribution in [3.05, 3.63) is 52.8 Å². The molecule has 0 unspecified atom stereocenters. The molecule has 1 aliphatic rings. The quantitative estimate of drug-likeness (QED) is 0.866. The molecule has 1 aliphatic heterocycles. The highest BCUT2D eigenvalue weighted by atomic mass is 16.2. The first-order valence-corrected chi connectivity index (χ1v) is 8.76. The summed E-state index contributed by atoms with van der Waals surface area (Å²) in [4.78, 5) is 17.3. The highest BCUT2D eigenvalue weighted by Gasteiger charge is 2.26. The third-order valence-corrected chi connectivity index (χ3v) is 4.93. The lowest BCUT2D eigenvalue weighted by atomic mass is 10.1. The largest absolute Gasteiger partial charge is 0.335 e. The van der Waals surface area contributed by atoms with Gasteiger partial charge in [-0.2, -0.15) is 5.26 Å². The van der Waals surface area contributed by atoms with Crippen LogP contribution in [0, 0.1) is 25.2 Å². The number of rotatable bonds is 3. The topological polar surface area (TPSA) is 52.3 Å². The average Bonchev–Trinajstić information content (AvgIpc) is 3.05. The summed E-state index contributed by atoms with van der Waals surface area (Å²) >= 11 is 0. The molecule has 5 nitrogen and oxygen atoms in total. The Morgan fingerprint density at radius 1 is 1.16 bits per heavy atom. The van der Waals surface area contributed by atoms with E-state index in [1.54, 1.807) is 6.07 Å². The number of hydrogen-bond donors (Lipinski definition) is 0. The Morgan fingerprint density at radius 2 is 1.88 bits per heavy atom. The summed E-state index contributed by atoms with van der Waals surface area (Å²) in [7, 11) is 0. The number of nitriles is 1. The predicted molar refractivity (Wildman–Crippen MR) is 98.0 cm³/mol. The summed E-state index contributed by atoms with van der Waals surface area (Å²) in [6.45, 7) is 10.4. The zero-order chi connectivity index (χ0) is 18.0. The van der Waals surface area contributed by atoms with E-state index in [0.29, 0.717) is 24.3 Å². The zero-order valence-electron chi connectivity index (χ0n) is 15.1. The van der Waals surface area contributed by atoms with Crippen molar-refractivity contribution in [2.24, 2.45) is 0 Å². The number of aromatic nitrogens is 1. The Bertz CT molecular complexity index is 823. The molecule has 1 amide bonds. The SMILES string of the molecule is CCN1CCN(C(=O)c2c(C#N)ccn2-c2ccc(C)cc2C)CC1. The molecule has 3 rings (SSSR count). The van der Waals surface area contributed by atoms with E-state index in [2.05, 4.69) is 24.0 Å². The first-order valence-electron chi connectivity index (χ1n) is 8.76. The minimum atomic E-state index is -0.0581. The molecule has 130 valence electrons. The van der Waals surface area contributed by atoms with Gasteiger partial charge in [0.1, 0.15) is 11.8 Å². The third kappa shape index (κ3) is 3.31. The van der Waals surface area contributed by atoms with E-state index < -0.39 is 0 Å². The van der Waals surface area contributed by atoms with Gasteiger partial charge in [0.25, 0.3) is 5.91 Å². The van der Waals surface area contributed by atoms with E-state index in [0.717, 1.165) is 30.9 Å². The van der Waals surface area contributed by atoms with Crippen molar-refractivity contribution in [3.63, 3.8) is 0 Å². The number of piperazine rings is 1. The standard InChI is InChI=1S/C20H24N4O/c1-4-22-9-11-23(12-10-22)20(25)19-17(14-21)7-8-24(19)18-6-5-15(2)13-16(18)3/h5-8,13H,4,9-12H2,1-3H3. The van der Waals surface area contributed by atoms with E-state index in [1.807, 2.05) is 41.6 Å². The monoisotopic (exact) mass is 336 g/mol. The van der Waals surface area contributed by atoms with Crippen molar-refractivity contribution in [3.8, 4) is 11.8 Å². The van der Waals surface area contributed by atoms with Crippen LogP contribution < -0.4 is 0 Å². The van der Waals surface area contributed by atoms with Gasteiger partial charge in [-0.15, -0.1) is 0 Å². The van der Waals surface area contributed by atoms with E-state index in [9.17, 15) is 10.1 Å². The van der Waals surface area contributed by atoms with Gasteiger partial charge in [-0.1, -0.05) is 24.6 Å². The van der Waals surface area contributed by atoms with E-state index in [-0.39, 0.29) is 5.91 Å². The predicted octanol–water partition coefficient (Wildman–Crippen LogP) is 2.74. The second-order valence-electron chi connectivity index (χ2n) is 6.58. The number of likely N-dealkylation sites (N-methyl/N-ethyl adjacent to an activating group) is 1. The van der Waals surface area contributed by atoms with Crippen molar-refractivity contribution >= 4 is 5.91 Å². The van der Waals surface area contributed by atoms with Gasteiger partial charge < -0.3 is 14.4 Å². The van der Waals surface area contributed by atoms with Crippen LogP contribution >= 0.6 is 0 Å². The van der Waals surface area contributed by atoms with Gasteiger partial charge in [0, 0.05) is 38.1 Å². The molecule has 0 radical (unpaired) electrons. The molecular weight excluding hydrogens is 312 g/mol. The van der Waals surface area contributed by atoms with Crippen LogP contribution in [0.1, 0.15) is 34.1 Å². The molecule has 0 atom stereocenters. The highest BCUT2D eigenvalue weighted by molar-refractivity contribution is 5.96. The lowest BCUT2D eigenvalue weighted by molar-refractivity contribution is 0.0635. The summed E-state index contributed by atoms with van der Waals surface area (Å²) in [5, 5.41) is 9.48. The molecule has 0 bridgehead atoms. The smallest absolute Gasteiger partial charge is 0.272 e. The Balaban J connectivity index is 1.97. The molecule has 5 heteroatoms. The van der Waals surface area contributed by atoms with Gasteiger partial charge in [0.05, 0.1) is 5.56 Å². The first-order chi connectivity index (χ1) is 12.0. The Morgan fingerprint density at radius 3 is 2.48 bits per heavy atom. The summed E-state index contributed by atoms with van der Waals surface area (Å²) in [6, 6.07) is 10.0. The number of nitrogens with zero attached hydrogens (tertiary/aromatic N) is 4. The molecule has 1 fully saturated rings. The highest BCUT2D eigenvalue weighted by Crippen LogP contribution is 2.23. The number of carbonyl (C=O) groups is 1. The fraction of sp³-hybridized carbons (Fsp3) is 0.400. The van der Waals surface area contributed by atoms with E-state index in [1.165, 1.54) is 5.56 Å². The van der Waals surface area contributed by atoms with Crippen LogP contribution in [0.15, 0.2) is 30.5 Å². The minimum Gasteiger partial charge on any atom is -0.335 e. The van der Waals surface area contributed by atoms with Crippen molar-refractivity contribution in [2.45, 2.75) is 20.8 Å². The van der Waals surface area contributed by atoms with Crippen LogP contribution in [0.2, 0.25) is 0 Å². The van der Waals surface area contributed by atoms with Crippen LogP contribution in [-0.2, 0) is 0 Å². The van der Waals surface area contributed by atoms with E-state index in [4.69, 9.17) is 0 Å². The second kappa shape index (κ2) is 7.12. The second-order valence-corrected chi connectivity index (χ2v) is 6.58. The van der Waals surface area contributed by atoms with Crippen molar-refractivity contribution in [1.29, 1.82) is 5.26 Å². The molecule has 0 N–H and O–H groups in total. The molecule has 1 saturated heterocycles. The lowest BCUT2D eigenvalue weighted by Gasteiger charge is -2.34. The number of carbonyl (C=O) groups excluding carboxylic acids is 1. The molecule has 0 spiro atoms. The molecule has 1 aromatic carbocycles. The summed E-state index contributed by atoms with van der Waals surface area (Å²) in [5.74, 6) is -0.0581. The van der Waals surface area contributed by atoms with Gasteiger partial charge >= 0.3 is 0 Å². The molecular formula is C20H24N4O. The number of benzene rings is 1. The van der Waals surface area contributed by atoms with Crippen molar-refractivity contribution in [2.75, 3.05) is 32.7 Å². The first kappa shape index (κ1) is 17.2. The number of hydrogen-bond acceptors (Lipinski definition) is 3. The van der Waals surface area contributed by atoms with Crippen LogP contribution in [0.3, 0.4) is 0 Å². The van der Waals surface area contributed by atoms with Gasteiger partial charge in [-0.3, -0.25) is 4.79 Å². The summed E-state index contributed by atoms with van der Waals surface area (Å²) in [6.07, 6.45) is 1.83. The van der Waals surface area contributed by atoms with Crippen LogP contribution in [-0.4, -0.2) is 53.0 Å². The zero-order valence-corrected chi connectivity index (χ0v) is 15.1. The molecule has 25 heavy (non-hydrogen) atoms.